The van der Waals surface area contributed by atoms with Crippen LogP contribution in [-0.2, 0) is 0 Å². The predicted molar refractivity (Wildman–Crippen MR) is 42.8 cm³/mol. The van der Waals surface area contributed by atoms with E-state index in [0.717, 1.165) is 0 Å². The largest absolute Gasteiger partial charge is 0.395 e. The van der Waals surface area contributed by atoms with E-state index < -0.39 is 44.1 Å². The van der Waals surface area contributed by atoms with Gasteiger partial charge in [-0.1, -0.05) is 0 Å². The van der Waals surface area contributed by atoms with Crippen LogP contribution in [0.5, 0.6) is 0 Å². The monoisotopic (exact) mass is 196 g/mol. The molecule has 0 heterocycles. The van der Waals surface area contributed by atoms with Crippen LogP contribution in [0.3, 0.4) is 0 Å². The Balaban J connectivity index is 4.87. The van der Waals surface area contributed by atoms with E-state index in [-0.39, 0.29) is 0 Å². The van der Waals surface area contributed by atoms with Gasteiger partial charge in [0.1, 0.15) is 5.60 Å². The first-order valence-corrected chi connectivity index (χ1v) is 3.82. The lowest BCUT2D eigenvalue weighted by atomic mass is 9.74. The third-order valence-electron chi connectivity index (χ3n) is 2.42. The van der Waals surface area contributed by atoms with Crippen LogP contribution in [0, 0.1) is 5.41 Å². The normalized spacial score (nSPS) is 13.4. The molecule has 0 aliphatic carbocycles. The van der Waals surface area contributed by atoms with Crippen LogP contribution in [-0.4, -0.2) is 69.3 Å². The van der Waals surface area contributed by atoms with E-state index in [1.807, 2.05) is 0 Å². The summed E-state index contributed by atoms with van der Waals surface area (Å²) in [6.07, 6.45) is 0. The molecule has 13 heavy (non-hydrogen) atoms. The zero-order chi connectivity index (χ0) is 10.5. The second-order valence-electron chi connectivity index (χ2n) is 3.10. The molecule has 80 valence electrons. The van der Waals surface area contributed by atoms with Crippen LogP contribution >= 0.6 is 0 Å². The molecular weight excluding hydrogens is 180 g/mol. The minimum atomic E-state index is -2.09. The quantitative estimate of drug-likeness (QED) is 0.264. The molecule has 0 saturated heterocycles. The molecule has 0 spiro atoms. The van der Waals surface area contributed by atoms with Gasteiger partial charge in [0.25, 0.3) is 0 Å². The second kappa shape index (κ2) is 4.85. The molecule has 0 fully saturated rings. The van der Waals surface area contributed by atoms with E-state index in [9.17, 15) is 5.11 Å². The highest BCUT2D eigenvalue weighted by Crippen LogP contribution is 2.30. The lowest BCUT2D eigenvalue weighted by Gasteiger charge is -2.41. The van der Waals surface area contributed by atoms with E-state index in [1.165, 1.54) is 0 Å². The number of hydrogen-bond donors (Lipinski definition) is 6. The first-order chi connectivity index (χ1) is 6.05. The molecular formula is C7H16O6. The first kappa shape index (κ1) is 12.8. The fraction of sp³-hybridized carbons (Fsp3) is 1.00. The second-order valence-corrected chi connectivity index (χ2v) is 3.10. The van der Waals surface area contributed by atoms with Gasteiger partial charge in [-0.05, 0) is 0 Å². The zero-order valence-electron chi connectivity index (χ0n) is 7.22. The molecule has 0 saturated carbocycles. The minimum absolute atomic E-state index is 0.738. The average molecular weight is 196 g/mol. The van der Waals surface area contributed by atoms with Gasteiger partial charge in [0, 0.05) is 0 Å². The molecule has 6 nitrogen and oxygen atoms in total. The van der Waals surface area contributed by atoms with Crippen molar-refractivity contribution in [2.45, 2.75) is 5.60 Å². The van der Waals surface area contributed by atoms with Gasteiger partial charge in [-0.15, -0.1) is 0 Å². The summed E-state index contributed by atoms with van der Waals surface area (Å²) in [4.78, 5) is 0. The maximum absolute atomic E-state index is 9.56. The molecule has 0 rings (SSSR count). The SMILES string of the molecule is OCC(O)(CO)C(CO)(CO)CO. The van der Waals surface area contributed by atoms with Crippen LogP contribution in [0.2, 0.25) is 0 Å². The molecule has 0 amide bonds. The van der Waals surface area contributed by atoms with E-state index >= 15 is 0 Å². The number of rotatable bonds is 6. The minimum Gasteiger partial charge on any atom is -0.395 e. The van der Waals surface area contributed by atoms with Gasteiger partial charge in [0.2, 0.25) is 0 Å². The van der Waals surface area contributed by atoms with Gasteiger partial charge in [-0.2, -0.15) is 0 Å². The van der Waals surface area contributed by atoms with Crippen molar-refractivity contribution in [2.75, 3.05) is 33.0 Å². The van der Waals surface area contributed by atoms with Gasteiger partial charge in [-0.3, -0.25) is 0 Å². The van der Waals surface area contributed by atoms with Crippen LogP contribution in [0.1, 0.15) is 0 Å². The van der Waals surface area contributed by atoms with E-state index in [4.69, 9.17) is 25.5 Å². The lowest BCUT2D eigenvalue weighted by molar-refractivity contribution is -0.190. The fourth-order valence-corrected chi connectivity index (χ4v) is 0.977. The average Bonchev–Trinajstić information content (AvgIpc) is 2.20. The molecule has 0 radical (unpaired) electrons. The molecule has 0 aromatic carbocycles. The summed E-state index contributed by atoms with van der Waals surface area (Å²) in [5, 5.41) is 53.7. The molecule has 0 aromatic rings. The Hall–Kier alpha value is -0.240. The Morgan fingerprint density at radius 1 is 0.615 bits per heavy atom. The zero-order valence-corrected chi connectivity index (χ0v) is 7.22. The molecule has 6 heteroatoms. The summed E-state index contributed by atoms with van der Waals surface area (Å²) < 4.78 is 0. The van der Waals surface area contributed by atoms with Crippen LogP contribution in [0.25, 0.3) is 0 Å². The molecule has 0 aromatic heterocycles. The van der Waals surface area contributed by atoms with Crippen molar-refractivity contribution >= 4 is 0 Å². The van der Waals surface area contributed by atoms with Crippen LogP contribution in [0.4, 0.5) is 0 Å². The summed E-state index contributed by atoms with van der Waals surface area (Å²) >= 11 is 0. The summed E-state index contributed by atoms with van der Waals surface area (Å²) in [5.74, 6) is 0. The third-order valence-corrected chi connectivity index (χ3v) is 2.42. The first-order valence-electron chi connectivity index (χ1n) is 3.82. The number of aliphatic hydroxyl groups excluding tert-OH is 5. The topological polar surface area (TPSA) is 121 Å². The van der Waals surface area contributed by atoms with Crippen LogP contribution < -0.4 is 0 Å². The fourth-order valence-electron chi connectivity index (χ4n) is 0.977. The summed E-state index contributed by atoms with van der Waals surface area (Å²) in [6.45, 7) is -3.93. The van der Waals surface area contributed by atoms with Crippen molar-refractivity contribution in [3.8, 4) is 0 Å². The molecule has 0 aliphatic rings. The van der Waals surface area contributed by atoms with Gasteiger partial charge >= 0.3 is 0 Å². The highest BCUT2D eigenvalue weighted by atomic mass is 16.4. The molecule has 0 aliphatic heterocycles. The molecule has 0 bridgehead atoms. The Kier molecular flexibility index (Phi) is 4.76. The number of hydrogen-bond acceptors (Lipinski definition) is 6. The maximum Gasteiger partial charge on any atom is 0.123 e. The van der Waals surface area contributed by atoms with Crippen molar-refractivity contribution in [1.29, 1.82) is 0 Å². The Labute approximate surface area is 75.7 Å². The summed E-state index contributed by atoms with van der Waals surface area (Å²) in [5.41, 5.74) is -3.79. The highest BCUT2D eigenvalue weighted by Gasteiger charge is 2.49. The van der Waals surface area contributed by atoms with Gasteiger partial charge in [0.15, 0.2) is 0 Å². The highest BCUT2D eigenvalue weighted by molar-refractivity contribution is 4.97. The Morgan fingerprint density at radius 2 is 0.923 bits per heavy atom. The van der Waals surface area contributed by atoms with Crippen molar-refractivity contribution in [3.05, 3.63) is 0 Å². The van der Waals surface area contributed by atoms with Crippen LogP contribution in [0.15, 0.2) is 0 Å². The lowest BCUT2D eigenvalue weighted by Crippen LogP contribution is -2.60. The van der Waals surface area contributed by atoms with Crippen molar-refractivity contribution < 1.29 is 30.6 Å². The van der Waals surface area contributed by atoms with E-state index in [1.54, 1.807) is 0 Å². The van der Waals surface area contributed by atoms with Crippen molar-refractivity contribution in [1.82, 2.24) is 0 Å². The smallest absolute Gasteiger partial charge is 0.123 e. The van der Waals surface area contributed by atoms with E-state index in [2.05, 4.69) is 0 Å². The van der Waals surface area contributed by atoms with E-state index in [0.29, 0.717) is 0 Å². The Morgan fingerprint density at radius 3 is 1.00 bits per heavy atom. The maximum atomic E-state index is 9.56. The van der Waals surface area contributed by atoms with Crippen molar-refractivity contribution in [3.63, 3.8) is 0 Å². The predicted octanol–water partition coefficient (Wildman–Crippen LogP) is -3.33. The van der Waals surface area contributed by atoms with Gasteiger partial charge in [0.05, 0.1) is 38.4 Å². The Bertz CT molecular complexity index is 132. The molecule has 0 unspecified atom stereocenters. The summed E-state index contributed by atoms with van der Waals surface area (Å²) in [6, 6.07) is 0. The summed E-state index contributed by atoms with van der Waals surface area (Å²) in [7, 11) is 0. The van der Waals surface area contributed by atoms with Crippen molar-refractivity contribution in [2.24, 2.45) is 5.41 Å². The third kappa shape index (κ3) is 1.98. The van der Waals surface area contributed by atoms with Gasteiger partial charge in [-0.25, -0.2) is 0 Å². The standard InChI is InChI=1S/C7H16O6/c8-1-6(2-9,3-10)7(13,4-11)5-12/h8-13H,1-5H2. The molecule has 6 N–H and O–H groups in total. The number of aliphatic hydroxyl groups is 6. The molecule has 0 atom stereocenters. The van der Waals surface area contributed by atoms with Gasteiger partial charge < -0.3 is 30.6 Å².